The van der Waals surface area contributed by atoms with Crippen molar-refractivity contribution in [3.05, 3.63) is 59.8 Å². The lowest BCUT2D eigenvalue weighted by Crippen LogP contribution is -2.28. The van der Waals surface area contributed by atoms with Crippen molar-refractivity contribution in [1.29, 1.82) is 0 Å². The predicted molar refractivity (Wildman–Crippen MR) is 110 cm³/mol. The molecule has 0 fully saturated rings. The molecule has 8 heteroatoms. The van der Waals surface area contributed by atoms with Crippen molar-refractivity contribution in [2.75, 3.05) is 0 Å². The zero-order valence-corrected chi connectivity index (χ0v) is 17.4. The molecule has 2 aromatic carbocycles. The van der Waals surface area contributed by atoms with E-state index in [4.69, 9.17) is 4.74 Å². The van der Waals surface area contributed by atoms with Crippen molar-refractivity contribution in [3.8, 4) is 16.9 Å². The van der Waals surface area contributed by atoms with Crippen LogP contribution in [0.25, 0.3) is 22.0 Å². The highest BCUT2D eigenvalue weighted by Crippen LogP contribution is 2.40. The van der Waals surface area contributed by atoms with Gasteiger partial charge in [-0.1, -0.05) is 30.3 Å². The summed E-state index contributed by atoms with van der Waals surface area (Å²) in [5, 5.41) is 10.6. The van der Waals surface area contributed by atoms with E-state index >= 15 is 0 Å². The Balaban J connectivity index is 2.25. The molecule has 1 aromatic heterocycles. The molecule has 1 unspecified atom stereocenters. The molecule has 0 radical (unpaired) electrons. The lowest BCUT2D eigenvalue weighted by molar-refractivity contribution is -0.274. The predicted octanol–water partition coefficient (Wildman–Crippen LogP) is 6.05. The number of benzene rings is 2. The summed E-state index contributed by atoms with van der Waals surface area (Å²) in [6.45, 7) is 6.93. The van der Waals surface area contributed by atoms with Gasteiger partial charge in [-0.05, 0) is 57.0 Å². The fraction of sp³-hybridized carbons (Fsp3) is 0.304. The van der Waals surface area contributed by atoms with Crippen molar-refractivity contribution >= 4 is 16.9 Å². The fourth-order valence-corrected chi connectivity index (χ4v) is 3.39. The Hall–Kier alpha value is -3.13. The van der Waals surface area contributed by atoms with E-state index in [0.29, 0.717) is 33.3 Å². The largest absolute Gasteiger partial charge is 0.573 e. The Kier molecular flexibility index (Phi) is 5.96. The monoisotopic (exact) mass is 433 g/mol. The lowest BCUT2D eigenvalue weighted by atomic mass is 9.91. The van der Waals surface area contributed by atoms with Crippen molar-refractivity contribution in [3.63, 3.8) is 0 Å². The van der Waals surface area contributed by atoms with Crippen LogP contribution in [-0.2, 0) is 9.53 Å². The number of carboxylic acids is 1. The Morgan fingerprint density at radius 3 is 2.19 bits per heavy atom. The first-order valence-electron chi connectivity index (χ1n) is 9.52. The van der Waals surface area contributed by atoms with Crippen LogP contribution in [0.2, 0.25) is 0 Å². The van der Waals surface area contributed by atoms with Gasteiger partial charge in [-0.25, -0.2) is 4.79 Å². The Morgan fingerprint density at radius 2 is 1.65 bits per heavy atom. The summed E-state index contributed by atoms with van der Waals surface area (Å²) in [6.07, 6.45) is -6.13. The number of aromatic nitrogens is 1. The summed E-state index contributed by atoms with van der Waals surface area (Å²) < 4.78 is 47.4. The number of carboxylic acid groups (broad SMARTS) is 1. The fourth-order valence-electron chi connectivity index (χ4n) is 3.39. The molecule has 0 aliphatic carbocycles. The van der Waals surface area contributed by atoms with Crippen molar-refractivity contribution in [2.45, 2.75) is 45.8 Å². The number of ether oxygens (including phenoxy) is 2. The van der Waals surface area contributed by atoms with Gasteiger partial charge in [-0.2, -0.15) is 0 Å². The van der Waals surface area contributed by atoms with Gasteiger partial charge in [0.1, 0.15) is 5.75 Å². The highest BCUT2D eigenvalue weighted by Gasteiger charge is 2.33. The normalized spacial score (nSPS) is 13.3. The van der Waals surface area contributed by atoms with E-state index in [-0.39, 0.29) is 5.75 Å². The second-order valence-corrected chi connectivity index (χ2v) is 8.02. The maximum atomic E-state index is 12.5. The summed E-state index contributed by atoms with van der Waals surface area (Å²) in [5.41, 5.74) is 1.75. The summed E-state index contributed by atoms with van der Waals surface area (Å²) >= 11 is 0. The number of aliphatic carboxylic acids is 1. The molecule has 5 nitrogen and oxygen atoms in total. The molecule has 1 heterocycles. The standard InChI is InChI=1S/C23H22F3NO4/c1-13-18(20(21(28)29)31-22(2,3)4)19(16-7-5-6-8-17(16)27-13)14-9-11-15(12-10-14)30-23(24,25)26/h5-12,20H,1-4H3,(H,28,29). The minimum absolute atomic E-state index is 0.352. The van der Waals surface area contributed by atoms with Gasteiger partial charge in [0.25, 0.3) is 0 Å². The van der Waals surface area contributed by atoms with E-state index in [1.165, 1.54) is 24.3 Å². The van der Waals surface area contributed by atoms with E-state index in [2.05, 4.69) is 9.72 Å². The average Bonchev–Trinajstić information content (AvgIpc) is 2.64. The van der Waals surface area contributed by atoms with Gasteiger partial charge in [0.05, 0.1) is 11.1 Å². The molecule has 3 rings (SSSR count). The molecular formula is C23H22F3NO4. The minimum Gasteiger partial charge on any atom is -0.479 e. The quantitative estimate of drug-likeness (QED) is 0.531. The first-order chi connectivity index (χ1) is 14.4. The molecule has 0 spiro atoms. The van der Waals surface area contributed by atoms with Crippen LogP contribution in [0.5, 0.6) is 5.75 Å². The molecule has 0 aliphatic heterocycles. The summed E-state index contributed by atoms with van der Waals surface area (Å²) in [5.74, 6) is -1.55. The van der Waals surface area contributed by atoms with E-state index in [1.54, 1.807) is 52.0 Å². The van der Waals surface area contributed by atoms with Gasteiger partial charge in [-0.3, -0.25) is 4.98 Å². The molecule has 0 aliphatic rings. The Morgan fingerprint density at radius 1 is 1.03 bits per heavy atom. The van der Waals surface area contributed by atoms with Crippen LogP contribution in [0.3, 0.4) is 0 Å². The molecule has 1 N–H and O–H groups in total. The van der Waals surface area contributed by atoms with Crippen LogP contribution in [0.4, 0.5) is 13.2 Å². The number of carbonyl (C=O) groups is 1. The third-order valence-corrected chi connectivity index (χ3v) is 4.46. The van der Waals surface area contributed by atoms with Crippen LogP contribution in [0.15, 0.2) is 48.5 Å². The van der Waals surface area contributed by atoms with Gasteiger partial charge in [0.15, 0.2) is 6.10 Å². The van der Waals surface area contributed by atoms with E-state index in [1.807, 2.05) is 0 Å². The number of rotatable bonds is 5. The van der Waals surface area contributed by atoms with Gasteiger partial charge in [0.2, 0.25) is 0 Å². The summed E-state index contributed by atoms with van der Waals surface area (Å²) in [4.78, 5) is 16.7. The number of nitrogens with zero attached hydrogens (tertiary/aromatic N) is 1. The number of hydrogen-bond acceptors (Lipinski definition) is 4. The lowest BCUT2D eigenvalue weighted by Gasteiger charge is -2.28. The van der Waals surface area contributed by atoms with Crippen LogP contribution in [0, 0.1) is 6.92 Å². The van der Waals surface area contributed by atoms with Crippen molar-refractivity contribution in [1.82, 2.24) is 4.98 Å². The molecule has 0 bridgehead atoms. The van der Waals surface area contributed by atoms with Crippen LogP contribution >= 0.6 is 0 Å². The van der Waals surface area contributed by atoms with Crippen LogP contribution in [-0.4, -0.2) is 28.0 Å². The number of fused-ring (bicyclic) bond motifs is 1. The molecule has 31 heavy (non-hydrogen) atoms. The van der Waals surface area contributed by atoms with E-state index < -0.39 is 24.0 Å². The highest BCUT2D eigenvalue weighted by molar-refractivity contribution is 5.98. The molecule has 0 amide bonds. The topological polar surface area (TPSA) is 68.7 Å². The molecule has 164 valence electrons. The van der Waals surface area contributed by atoms with Crippen molar-refractivity contribution < 1.29 is 32.5 Å². The zero-order chi connectivity index (χ0) is 23.0. The Labute approximate surface area is 177 Å². The minimum atomic E-state index is -4.80. The van der Waals surface area contributed by atoms with Gasteiger partial charge >= 0.3 is 12.3 Å². The molecular weight excluding hydrogens is 411 g/mol. The first kappa shape index (κ1) is 22.6. The first-order valence-corrected chi connectivity index (χ1v) is 9.52. The zero-order valence-electron chi connectivity index (χ0n) is 17.4. The van der Waals surface area contributed by atoms with Gasteiger partial charge in [-0.15, -0.1) is 13.2 Å². The molecule has 0 saturated carbocycles. The number of aryl methyl sites for hydroxylation is 1. The second-order valence-electron chi connectivity index (χ2n) is 8.02. The van der Waals surface area contributed by atoms with E-state index in [9.17, 15) is 23.1 Å². The van der Waals surface area contributed by atoms with Crippen molar-refractivity contribution in [2.24, 2.45) is 0 Å². The third kappa shape index (κ3) is 5.32. The maximum absolute atomic E-state index is 12.5. The number of pyridine rings is 1. The number of para-hydroxylation sites is 1. The Bertz CT molecular complexity index is 1100. The highest BCUT2D eigenvalue weighted by atomic mass is 19.4. The van der Waals surface area contributed by atoms with E-state index in [0.717, 1.165) is 0 Å². The summed E-state index contributed by atoms with van der Waals surface area (Å²) in [7, 11) is 0. The second kappa shape index (κ2) is 8.19. The molecule has 3 aromatic rings. The number of halogens is 3. The smallest absolute Gasteiger partial charge is 0.479 e. The van der Waals surface area contributed by atoms with Gasteiger partial charge in [0, 0.05) is 16.6 Å². The van der Waals surface area contributed by atoms with Gasteiger partial charge < -0.3 is 14.6 Å². The van der Waals surface area contributed by atoms with Crippen LogP contribution in [0.1, 0.15) is 38.1 Å². The SMILES string of the molecule is Cc1nc2ccccc2c(-c2ccc(OC(F)(F)F)cc2)c1C(OC(C)(C)C)C(=O)O. The summed E-state index contributed by atoms with van der Waals surface area (Å²) in [6, 6.07) is 12.5. The molecule has 1 atom stereocenters. The maximum Gasteiger partial charge on any atom is 0.573 e. The number of hydrogen-bond donors (Lipinski definition) is 1. The van der Waals surface area contributed by atoms with Crippen LogP contribution < -0.4 is 4.74 Å². The molecule has 0 saturated heterocycles. The average molecular weight is 433 g/mol. The third-order valence-electron chi connectivity index (χ3n) is 4.46. The number of alkyl halides is 3.